The summed E-state index contributed by atoms with van der Waals surface area (Å²) in [6.07, 6.45) is -0.623. The summed E-state index contributed by atoms with van der Waals surface area (Å²) in [5, 5.41) is 30.9. The number of likely N-dealkylation sites (N-methyl/N-ethyl adjacent to an activating group) is 1. The lowest BCUT2D eigenvalue weighted by Crippen LogP contribution is -2.58. The first kappa shape index (κ1) is 20.8. The lowest BCUT2D eigenvalue weighted by molar-refractivity contribution is -0.268. The van der Waals surface area contributed by atoms with Gasteiger partial charge in [0, 0.05) is 36.3 Å². The summed E-state index contributed by atoms with van der Waals surface area (Å²) in [6, 6.07) is 5.64. The van der Waals surface area contributed by atoms with Crippen LogP contribution in [0.25, 0.3) is 10.9 Å². The van der Waals surface area contributed by atoms with Crippen molar-refractivity contribution in [2.75, 3.05) is 19.6 Å². The van der Waals surface area contributed by atoms with Crippen LogP contribution in [0.4, 0.5) is 0 Å². The highest BCUT2D eigenvalue weighted by Gasteiger charge is 2.43. The van der Waals surface area contributed by atoms with Gasteiger partial charge >= 0.3 is 0 Å². The third-order valence-corrected chi connectivity index (χ3v) is 5.33. The van der Waals surface area contributed by atoms with Crippen molar-refractivity contribution < 1.29 is 24.8 Å². The summed E-state index contributed by atoms with van der Waals surface area (Å²) in [7, 11) is 0. The summed E-state index contributed by atoms with van der Waals surface area (Å²) in [5.74, 6) is 0.516. The number of H-pyrrole nitrogens is 1. The van der Waals surface area contributed by atoms with Crippen molar-refractivity contribution in [1.29, 1.82) is 0 Å². The van der Waals surface area contributed by atoms with Crippen LogP contribution in [0.1, 0.15) is 19.4 Å². The first-order valence-corrected chi connectivity index (χ1v) is 9.74. The third kappa shape index (κ3) is 4.39. The van der Waals surface area contributed by atoms with Gasteiger partial charge in [0.2, 0.25) is 6.29 Å². The van der Waals surface area contributed by atoms with E-state index in [1.54, 1.807) is 6.92 Å². The maximum absolute atomic E-state index is 10.1. The van der Waals surface area contributed by atoms with Gasteiger partial charge in [0.05, 0.1) is 6.10 Å². The minimum absolute atomic E-state index is 0.516. The van der Waals surface area contributed by atoms with E-state index in [1.165, 1.54) is 5.56 Å². The van der Waals surface area contributed by atoms with E-state index < -0.39 is 30.7 Å². The zero-order valence-electron chi connectivity index (χ0n) is 16.4. The maximum Gasteiger partial charge on any atom is 0.229 e. The molecule has 0 saturated carbocycles. The molecule has 1 aromatic heterocycles. The fraction of sp³-hybridized carbons (Fsp3) is 0.524. The van der Waals surface area contributed by atoms with E-state index in [2.05, 4.69) is 23.4 Å². The second-order valence-electron chi connectivity index (χ2n) is 7.25. The minimum Gasteiger partial charge on any atom is -0.462 e. The van der Waals surface area contributed by atoms with Gasteiger partial charge in [0.1, 0.15) is 24.1 Å². The van der Waals surface area contributed by atoms with Crippen LogP contribution < -0.4 is 4.74 Å². The van der Waals surface area contributed by atoms with Gasteiger partial charge in [-0.05, 0) is 37.6 Å². The van der Waals surface area contributed by atoms with Crippen molar-refractivity contribution in [3.63, 3.8) is 0 Å². The predicted molar refractivity (Wildman–Crippen MR) is 107 cm³/mol. The molecule has 0 radical (unpaired) electrons. The molecule has 0 aliphatic carbocycles. The molecule has 1 aliphatic rings. The van der Waals surface area contributed by atoms with Crippen LogP contribution in [0, 0.1) is 0 Å². The summed E-state index contributed by atoms with van der Waals surface area (Å²) in [6.45, 7) is 10.4. The lowest BCUT2D eigenvalue weighted by atomic mass is 10.00. The Bertz CT molecular complexity index is 792. The first-order chi connectivity index (χ1) is 13.4. The Morgan fingerprint density at radius 3 is 2.75 bits per heavy atom. The number of aromatic nitrogens is 1. The Morgan fingerprint density at radius 1 is 1.25 bits per heavy atom. The second kappa shape index (κ2) is 9.07. The molecule has 3 rings (SSSR count). The van der Waals surface area contributed by atoms with Crippen LogP contribution in [0.5, 0.6) is 5.75 Å². The van der Waals surface area contributed by atoms with Crippen molar-refractivity contribution in [3.8, 4) is 5.75 Å². The van der Waals surface area contributed by atoms with E-state index in [0.717, 1.165) is 37.0 Å². The summed E-state index contributed by atoms with van der Waals surface area (Å²) in [5.41, 5.74) is 2.16. The Kier molecular flexibility index (Phi) is 6.74. The van der Waals surface area contributed by atoms with E-state index in [9.17, 15) is 15.3 Å². The molecule has 5 unspecified atom stereocenters. The van der Waals surface area contributed by atoms with E-state index in [0.29, 0.717) is 5.75 Å². The molecule has 0 spiro atoms. The normalized spacial score (nSPS) is 28.0. The molecule has 4 N–H and O–H groups in total. The Balaban J connectivity index is 1.69. The molecular formula is C21H30N2O5. The van der Waals surface area contributed by atoms with Gasteiger partial charge in [-0.25, -0.2) is 0 Å². The average molecular weight is 390 g/mol. The molecule has 1 saturated heterocycles. The molecular weight excluding hydrogens is 360 g/mol. The molecule has 1 aromatic carbocycles. The SMILES string of the molecule is C=CCN(CC)CCc1c[nH]c2cc(OC3OC(C)C(O)C(O)C3O)ccc12. The van der Waals surface area contributed by atoms with Crippen LogP contribution >= 0.6 is 0 Å². The lowest BCUT2D eigenvalue weighted by Gasteiger charge is -2.38. The number of ether oxygens (including phenoxy) is 2. The fourth-order valence-electron chi connectivity index (χ4n) is 3.53. The summed E-state index contributed by atoms with van der Waals surface area (Å²) >= 11 is 0. The van der Waals surface area contributed by atoms with Crippen LogP contribution in [0.3, 0.4) is 0 Å². The number of benzene rings is 1. The molecule has 28 heavy (non-hydrogen) atoms. The van der Waals surface area contributed by atoms with Crippen LogP contribution in [0.15, 0.2) is 37.1 Å². The number of hydrogen-bond acceptors (Lipinski definition) is 6. The molecule has 1 aliphatic heterocycles. The van der Waals surface area contributed by atoms with E-state index >= 15 is 0 Å². The predicted octanol–water partition coefficient (Wildman–Crippen LogP) is 1.42. The second-order valence-corrected chi connectivity index (χ2v) is 7.25. The molecule has 2 heterocycles. The van der Waals surface area contributed by atoms with E-state index in [-0.39, 0.29) is 0 Å². The van der Waals surface area contributed by atoms with E-state index in [1.807, 2.05) is 30.5 Å². The Morgan fingerprint density at radius 2 is 2.04 bits per heavy atom. The quantitative estimate of drug-likeness (QED) is 0.509. The molecule has 7 nitrogen and oxygen atoms in total. The summed E-state index contributed by atoms with van der Waals surface area (Å²) < 4.78 is 11.2. The molecule has 7 heteroatoms. The van der Waals surface area contributed by atoms with Gasteiger partial charge in [-0.3, -0.25) is 4.90 Å². The van der Waals surface area contributed by atoms with Crippen molar-refractivity contribution in [1.82, 2.24) is 9.88 Å². The van der Waals surface area contributed by atoms with Gasteiger partial charge in [-0.2, -0.15) is 0 Å². The molecule has 0 amide bonds. The minimum atomic E-state index is -1.33. The topological polar surface area (TPSA) is 98.2 Å². The Labute approximate surface area is 165 Å². The smallest absolute Gasteiger partial charge is 0.229 e. The average Bonchev–Trinajstić information content (AvgIpc) is 3.10. The molecule has 5 atom stereocenters. The van der Waals surface area contributed by atoms with Crippen LogP contribution in [0.2, 0.25) is 0 Å². The number of aliphatic hydroxyl groups excluding tert-OH is 3. The van der Waals surface area contributed by atoms with Crippen molar-refractivity contribution in [2.24, 2.45) is 0 Å². The monoisotopic (exact) mass is 390 g/mol. The largest absolute Gasteiger partial charge is 0.462 e. The van der Waals surface area contributed by atoms with Gasteiger partial charge in [-0.1, -0.05) is 13.0 Å². The zero-order valence-corrected chi connectivity index (χ0v) is 16.4. The van der Waals surface area contributed by atoms with Crippen molar-refractivity contribution >= 4 is 10.9 Å². The standard InChI is InChI=1S/C21H30N2O5/c1-4-9-23(5-2)10-8-14-12-22-17-11-15(6-7-16(14)17)28-21-20(26)19(25)18(24)13(3)27-21/h4,6-7,11-13,18-22,24-26H,1,5,8-10H2,2-3H3. The number of rotatable bonds is 8. The molecule has 1 fully saturated rings. The maximum atomic E-state index is 10.1. The van der Waals surface area contributed by atoms with Gasteiger partial charge in [0.15, 0.2) is 0 Å². The number of fused-ring (bicyclic) bond motifs is 1. The van der Waals surface area contributed by atoms with Gasteiger partial charge in [-0.15, -0.1) is 6.58 Å². The molecule has 2 aromatic rings. The Hall–Kier alpha value is -1.90. The van der Waals surface area contributed by atoms with Gasteiger partial charge in [0.25, 0.3) is 0 Å². The molecule has 154 valence electrons. The number of nitrogens with one attached hydrogen (secondary N) is 1. The van der Waals surface area contributed by atoms with Crippen LogP contribution in [-0.2, 0) is 11.2 Å². The number of aliphatic hydroxyl groups is 3. The zero-order chi connectivity index (χ0) is 20.3. The highest BCUT2D eigenvalue weighted by Crippen LogP contribution is 2.28. The number of aromatic amines is 1. The van der Waals surface area contributed by atoms with Gasteiger partial charge < -0.3 is 29.8 Å². The number of nitrogens with zero attached hydrogens (tertiary/aromatic N) is 1. The highest BCUT2D eigenvalue weighted by atomic mass is 16.7. The number of hydrogen-bond donors (Lipinski definition) is 4. The van der Waals surface area contributed by atoms with Crippen LogP contribution in [-0.4, -0.2) is 75.5 Å². The third-order valence-electron chi connectivity index (χ3n) is 5.33. The van der Waals surface area contributed by atoms with Crippen molar-refractivity contribution in [2.45, 2.75) is 51.0 Å². The van der Waals surface area contributed by atoms with Crippen molar-refractivity contribution in [3.05, 3.63) is 42.6 Å². The fourth-order valence-corrected chi connectivity index (χ4v) is 3.53. The molecule has 0 bridgehead atoms. The first-order valence-electron chi connectivity index (χ1n) is 9.74. The van der Waals surface area contributed by atoms with E-state index in [4.69, 9.17) is 9.47 Å². The highest BCUT2D eigenvalue weighted by molar-refractivity contribution is 5.84. The summed E-state index contributed by atoms with van der Waals surface area (Å²) in [4.78, 5) is 5.59.